The monoisotopic (exact) mass is 372 g/mol. The van der Waals surface area contributed by atoms with Gasteiger partial charge in [0.15, 0.2) is 5.58 Å². The van der Waals surface area contributed by atoms with Gasteiger partial charge in [0, 0.05) is 41.6 Å². The van der Waals surface area contributed by atoms with Crippen molar-refractivity contribution in [3.05, 3.63) is 23.7 Å². The van der Waals surface area contributed by atoms with Crippen LogP contribution in [-0.2, 0) is 0 Å². The van der Waals surface area contributed by atoms with Crippen molar-refractivity contribution in [1.82, 2.24) is 15.3 Å². The van der Waals surface area contributed by atoms with E-state index in [-0.39, 0.29) is 0 Å². The van der Waals surface area contributed by atoms with E-state index in [1.54, 1.807) is 23.1 Å². The lowest BCUT2D eigenvalue weighted by Crippen LogP contribution is -2.54. The maximum atomic E-state index is 6.31. The molecule has 2 unspecified atom stereocenters. The van der Waals surface area contributed by atoms with Crippen LogP contribution >= 0.6 is 23.1 Å². The molecule has 3 fully saturated rings. The summed E-state index contributed by atoms with van der Waals surface area (Å²) in [5, 5.41) is 6.64. The molecule has 1 aromatic carbocycles. The molecule has 25 heavy (non-hydrogen) atoms. The van der Waals surface area contributed by atoms with Gasteiger partial charge in [-0.1, -0.05) is 0 Å². The molecule has 5 heterocycles. The third-order valence-electron chi connectivity index (χ3n) is 5.19. The van der Waals surface area contributed by atoms with Crippen LogP contribution in [0.5, 0.6) is 0 Å². The van der Waals surface area contributed by atoms with Crippen LogP contribution in [-0.4, -0.2) is 41.4 Å². The van der Waals surface area contributed by atoms with Crippen molar-refractivity contribution in [2.24, 2.45) is 0 Å². The first-order valence-corrected chi connectivity index (χ1v) is 10.8. The number of oxazole rings is 1. The minimum absolute atomic E-state index is 0.482. The number of rotatable bonds is 3. The second kappa shape index (κ2) is 6.30. The van der Waals surface area contributed by atoms with Crippen LogP contribution in [0.1, 0.15) is 19.3 Å². The highest BCUT2D eigenvalue weighted by Gasteiger charge is 2.33. The van der Waals surface area contributed by atoms with Crippen molar-refractivity contribution in [1.29, 1.82) is 0 Å². The van der Waals surface area contributed by atoms with Gasteiger partial charge >= 0.3 is 0 Å². The first-order valence-electron chi connectivity index (χ1n) is 8.70. The standard InChI is InChI=1S/C18H20N4OS2/c1-24-13-7-14(17-19-5-6-25-17)16-15(8-13)21-18(23-16)22-10-11-3-2-4-12(22)9-20-11/h5-8,11-12,20H,2-4,9-10H2,1H3. The van der Waals surface area contributed by atoms with E-state index in [2.05, 4.69) is 33.6 Å². The average Bonchev–Trinajstić information content (AvgIpc) is 3.22. The van der Waals surface area contributed by atoms with E-state index in [1.165, 1.54) is 24.2 Å². The summed E-state index contributed by atoms with van der Waals surface area (Å²) < 4.78 is 6.31. The highest BCUT2D eigenvalue weighted by Crippen LogP contribution is 2.37. The Kier molecular flexibility index (Phi) is 3.95. The predicted octanol–water partition coefficient (Wildman–Crippen LogP) is 4.00. The highest BCUT2D eigenvalue weighted by atomic mass is 32.2. The number of nitrogens with zero attached hydrogens (tertiary/aromatic N) is 3. The number of fused-ring (bicyclic) bond motifs is 5. The topological polar surface area (TPSA) is 54.2 Å². The molecule has 2 atom stereocenters. The third-order valence-corrected chi connectivity index (χ3v) is 6.70. The number of thiazole rings is 1. The number of thioether (sulfide) groups is 1. The predicted molar refractivity (Wildman–Crippen MR) is 104 cm³/mol. The summed E-state index contributed by atoms with van der Waals surface area (Å²) >= 11 is 3.37. The van der Waals surface area contributed by atoms with Crippen LogP contribution in [0.3, 0.4) is 0 Å². The molecule has 2 bridgehead atoms. The molecule has 3 aliphatic rings. The first-order chi connectivity index (χ1) is 12.3. The molecule has 0 amide bonds. The fourth-order valence-electron chi connectivity index (χ4n) is 3.90. The second-order valence-electron chi connectivity index (χ2n) is 6.70. The molecule has 1 N–H and O–H groups in total. The van der Waals surface area contributed by atoms with Crippen molar-refractivity contribution in [2.75, 3.05) is 24.2 Å². The van der Waals surface area contributed by atoms with Crippen LogP contribution < -0.4 is 10.2 Å². The van der Waals surface area contributed by atoms with E-state index in [4.69, 9.17) is 9.40 Å². The van der Waals surface area contributed by atoms with E-state index in [0.29, 0.717) is 12.1 Å². The third kappa shape index (κ3) is 2.74. The Bertz CT molecular complexity index is 888. The van der Waals surface area contributed by atoms with Gasteiger partial charge in [-0.05, 0) is 37.7 Å². The summed E-state index contributed by atoms with van der Waals surface area (Å²) in [6.45, 7) is 2.01. The minimum Gasteiger partial charge on any atom is -0.423 e. The molecule has 0 aliphatic carbocycles. The normalized spacial score (nSPS) is 23.3. The Balaban J connectivity index is 1.63. The van der Waals surface area contributed by atoms with Gasteiger partial charge in [0.05, 0.1) is 5.56 Å². The second-order valence-corrected chi connectivity index (χ2v) is 8.47. The van der Waals surface area contributed by atoms with Gasteiger partial charge in [-0.3, -0.25) is 0 Å². The largest absolute Gasteiger partial charge is 0.423 e. The first kappa shape index (κ1) is 15.7. The van der Waals surface area contributed by atoms with Crippen molar-refractivity contribution in [3.8, 4) is 10.6 Å². The van der Waals surface area contributed by atoms with Crippen molar-refractivity contribution in [3.63, 3.8) is 0 Å². The van der Waals surface area contributed by atoms with Gasteiger partial charge < -0.3 is 14.6 Å². The SMILES string of the molecule is CSc1cc(-c2nccs2)c2oc(N3CC4CCCC3CN4)nc2c1. The zero-order valence-electron chi connectivity index (χ0n) is 14.1. The van der Waals surface area contributed by atoms with E-state index in [9.17, 15) is 0 Å². The summed E-state index contributed by atoms with van der Waals surface area (Å²) in [5.41, 5.74) is 2.84. The number of piperazine rings is 1. The van der Waals surface area contributed by atoms with Crippen molar-refractivity contribution >= 4 is 40.2 Å². The Morgan fingerprint density at radius 2 is 2.32 bits per heavy atom. The number of aromatic nitrogens is 2. The van der Waals surface area contributed by atoms with Crippen LogP contribution in [0.2, 0.25) is 0 Å². The summed E-state index contributed by atoms with van der Waals surface area (Å²) in [5.74, 6) is 0. The van der Waals surface area contributed by atoms with Crippen molar-refractivity contribution in [2.45, 2.75) is 36.2 Å². The highest BCUT2D eigenvalue weighted by molar-refractivity contribution is 7.98. The lowest BCUT2D eigenvalue weighted by molar-refractivity contribution is 0.399. The molecule has 3 aliphatic heterocycles. The molecule has 0 spiro atoms. The molecular formula is C18H20N4OS2. The molecule has 0 radical (unpaired) electrons. The van der Waals surface area contributed by atoms with Gasteiger partial charge in [0.25, 0.3) is 6.01 Å². The summed E-state index contributed by atoms with van der Waals surface area (Å²) in [4.78, 5) is 12.9. The van der Waals surface area contributed by atoms with E-state index >= 15 is 0 Å². The van der Waals surface area contributed by atoms with Crippen LogP contribution in [0.15, 0.2) is 33.0 Å². The number of hydrogen-bond donors (Lipinski definition) is 1. The van der Waals surface area contributed by atoms with Gasteiger partial charge in [-0.25, -0.2) is 4.98 Å². The molecule has 7 heteroatoms. The average molecular weight is 373 g/mol. The van der Waals surface area contributed by atoms with Crippen molar-refractivity contribution < 1.29 is 4.42 Å². The number of anilines is 1. The lowest BCUT2D eigenvalue weighted by atomic mass is 10.1. The Labute approximate surface area is 154 Å². The summed E-state index contributed by atoms with van der Waals surface area (Å²) in [6.07, 6.45) is 7.66. The van der Waals surface area contributed by atoms with Crippen LogP contribution in [0.4, 0.5) is 6.01 Å². The molecular weight excluding hydrogens is 352 g/mol. The van der Waals surface area contributed by atoms with Gasteiger partial charge in [-0.15, -0.1) is 23.1 Å². The molecule has 3 aromatic rings. The smallest absolute Gasteiger partial charge is 0.298 e. The number of nitrogens with one attached hydrogen (secondary N) is 1. The van der Waals surface area contributed by atoms with E-state index in [0.717, 1.165) is 40.8 Å². The maximum absolute atomic E-state index is 6.31. The molecule has 5 nitrogen and oxygen atoms in total. The molecule has 6 rings (SSSR count). The van der Waals surface area contributed by atoms with Gasteiger partial charge in [-0.2, -0.15) is 4.98 Å². The van der Waals surface area contributed by atoms with E-state index in [1.807, 2.05) is 11.6 Å². The molecule has 0 saturated carbocycles. The van der Waals surface area contributed by atoms with Crippen LogP contribution in [0, 0.1) is 0 Å². The maximum Gasteiger partial charge on any atom is 0.298 e. The van der Waals surface area contributed by atoms with Crippen LogP contribution in [0.25, 0.3) is 21.7 Å². The molecule has 3 saturated heterocycles. The fraction of sp³-hybridized carbons (Fsp3) is 0.444. The summed E-state index contributed by atoms with van der Waals surface area (Å²) in [6, 6.07) is 6.09. The molecule has 2 aromatic heterocycles. The summed E-state index contributed by atoms with van der Waals surface area (Å²) in [7, 11) is 0. The lowest BCUT2D eigenvalue weighted by Gasteiger charge is -2.36. The zero-order chi connectivity index (χ0) is 16.8. The van der Waals surface area contributed by atoms with E-state index < -0.39 is 0 Å². The zero-order valence-corrected chi connectivity index (χ0v) is 15.7. The minimum atomic E-state index is 0.482. The Morgan fingerprint density at radius 3 is 3.16 bits per heavy atom. The fourth-order valence-corrected chi connectivity index (χ4v) is 5.02. The molecule has 130 valence electrons. The number of benzene rings is 1. The van der Waals surface area contributed by atoms with Gasteiger partial charge in [0.1, 0.15) is 10.5 Å². The van der Waals surface area contributed by atoms with Gasteiger partial charge in [0.2, 0.25) is 0 Å². The number of hydrogen-bond acceptors (Lipinski definition) is 7. The Hall–Kier alpha value is -1.57. The Morgan fingerprint density at radius 1 is 1.36 bits per heavy atom. The quantitative estimate of drug-likeness (QED) is 0.701.